The first-order valence-corrected chi connectivity index (χ1v) is 17.0. The fourth-order valence-electron chi connectivity index (χ4n) is 6.17. The predicted molar refractivity (Wildman–Crippen MR) is 168 cm³/mol. The maximum absolute atomic E-state index is 11.8. The molecule has 2 N–H and O–H groups in total. The summed E-state index contributed by atoms with van der Waals surface area (Å²) in [5, 5.41) is 16.8. The highest BCUT2D eigenvalue weighted by molar-refractivity contribution is 7.85. The molecule has 2 saturated heterocycles. The van der Waals surface area contributed by atoms with Crippen LogP contribution in [0.25, 0.3) is 0 Å². The Bertz CT molecular complexity index is 1070. The van der Waals surface area contributed by atoms with E-state index in [2.05, 4.69) is 44.9 Å². The number of rotatable bonds is 6. The summed E-state index contributed by atoms with van der Waals surface area (Å²) < 4.78 is 13.9. The summed E-state index contributed by atoms with van der Waals surface area (Å²) in [5.74, 6) is 3.02. The monoisotopic (exact) mass is 579 g/mol. The van der Waals surface area contributed by atoms with Gasteiger partial charge in [0, 0.05) is 57.0 Å². The average Bonchev–Trinajstić information content (AvgIpc) is 3.56. The van der Waals surface area contributed by atoms with E-state index >= 15 is 0 Å². The molecule has 212 valence electrons. The molecule has 5 fully saturated rings. The van der Waals surface area contributed by atoms with Crippen LogP contribution in [0.1, 0.15) is 83.3 Å². The first kappa shape index (κ1) is 31.2. The Labute approximate surface area is 242 Å². The molecule has 9 heteroatoms. The van der Waals surface area contributed by atoms with Crippen molar-refractivity contribution in [3.05, 3.63) is 40.7 Å². The van der Waals surface area contributed by atoms with E-state index in [1.165, 1.54) is 31.0 Å². The zero-order chi connectivity index (χ0) is 27.9. The van der Waals surface area contributed by atoms with Gasteiger partial charge in [0.15, 0.2) is 0 Å². The van der Waals surface area contributed by atoms with Gasteiger partial charge in [-0.2, -0.15) is 17.7 Å². The molecular formula is C29H46ClN5OS2. The van der Waals surface area contributed by atoms with Crippen molar-refractivity contribution >= 4 is 52.6 Å². The molecular weight excluding hydrogens is 534 g/mol. The second-order valence-electron chi connectivity index (χ2n) is 10.2. The molecule has 2 atom stereocenters. The Kier molecular flexibility index (Phi) is 11.8. The number of benzene rings is 1. The molecule has 1 aromatic carbocycles. The summed E-state index contributed by atoms with van der Waals surface area (Å²) in [7, 11) is -0.627. The lowest BCUT2D eigenvalue weighted by Gasteiger charge is -2.61. The van der Waals surface area contributed by atoms with Crippen LogP contribution >= 0.6 is 24.2 Å². The maximum atomic E-state index is 11.8. The average molecular weight is 580 g/mol. The molecule has 0 radical (unpaired) electrons. The summed E-state index contributed by atoms with van der Waals surface area (Å²) in [6.07, 6.45) is 14.1. The molecule has 2 unspecified atom stereocenters. The van der Waals surface area contributed by atoms with Crippen LogP contribution in [-0.4, -0.2) is 62.0 Å². The second kappa shape index (κ2) is 14.3. The van der Waals surface area contributed by atoms with Gasteiger partial charge in [-0.1, -0.05) is 39.3 Å². The predicted octanol–water partition coefficient (Wildman–Crippen LogP) is 7.09. The second-order valence-corrected chi connectivity index (χ2v) is 12.2. The van der Waals surface area contributed by atoms with Gasteiger partial charge in [-0.15, -0.1) is 0 Å². The molecule has 2 bridgehead atoms. The van der Waals surface area contributed by atoms with Gasteiger partial charge >= 0.3 is 0 Å². The fraction of sp³-hybridized carbons (Fsp3) is 0.655. The van der Waals surface area contributed by atoms with E-state index in [1.54, 1.807) is 6.26 Å². The Hall–Kier alpha value is -1.35. The van der Waals surface area contributed by atoms with Crippen LogP contribution in [0.3, 0.4) is 0 Å². The number of piperidine rings is 1. The minimum atomic E-state index is -0.627. The summed E-state index contributed by atoms with van der Waals surface area (Å²) in [4.78, 5) is 2.53. The molecule has 3 heterocycles. The molecule has 0 spiro atoms. The topological polar surface area (TPSA) is 74.0 Å². The number of halogens is 1. The van der Waals surface area contributed by atoms with E-state index in [0.29, 0.717) is 12.0 Å². The Balaban J connectivity index is 0.000000625. The van der Waals surface area contributed by atoms with Crippen LogP contribution in [0.5, 0.6) is 0 Å². The van der Waals surface area contributed by atoms with E-state index in [1.807, 2.05) is 40.0 Å². The van der Waals surface area contributed by atoms with Gasteiger partial charge in [-0.25, -0.2) is 0 Å². The lowest BCUT2D eigenvalue weighted by molar-refractivity contribution is -0.0977. The molecule has 7 rings (SSSR count). The van der Waals surface area contributed by atoms with Crippen LogP contribution in [-0.2, 0) is 16.3 Å². The van der Waals surface area contributed by atoms with Crippen LogP contribution in [0.2, 0.25) is 5.02 Å². The number of aromatic nitrogens is 2. The van der Waals surface area contributed by atoms with Crippen molar-refractivity contribution in [2.45, 2.75) is 83.7 Å². The minimum absolute atomic E-state index is 0.278. The van der Waals surface area contributed by atoms with Crippen molar-refractivity contribution in [3.8, 4) is 0 Å². The molecule has 2 aliphatic heterocycles. The summed E-state index contributed by atoms with van der Waals surface area (Å²) in [6, 6.07) is 4.55. The number of anilines is 2. The highest BCUT2D eigenvalue weighted by Gasteiger charge is 2.58. The zero-order valence-electron chi connectivity index (χ0n) is 23.7. The molecule has 0 amide bonds. The van der Waals surface area contributed by atoms with Crippen molar-refractivity contribution < 1.29 is 4.21 Å². The number of nitrogens with zero attached hydrogens (tertiary/aromatic N) is 3. The Morgan fingerprint density at radius 2 is 1.79 bits per heavy atom. The highest BCUT2D eigenvalue weighted by atomic mass is 35.5. The van der Waals surface area contributed by atoms with Crippen LogP contribution < -0.4 is 5.32 Å². The lowest BCUT2D eigenvalue weighted by Crippen LogP contribution is -2.59. The summed E-state index contributed by atoms with van der Waals surface area (Å²) in [5.41, 5.74) is 4.13. The first-order valence-electron chi connectivity index (χ1n) is 14.2. The van der Waals surface area contributed by atoms with Gasteiger partial charge in [0.25, 0.3) is 0 Å². The number of nitrogens with one attached hydrogen (secondary N) is 2. The van der Waals surface area contributed by atoms with Crippen molar-refractivity contribution in [1.82, 2.24) is 14.7 Å². The number of hydrogen-bond acceptors (Lipinski definition) is 6. The summed E-state index contributed by atoms with van der Waals surface area (Å²) in [6.45, 7) is 10.1. The van der Waals surface area contributed by atoms with E-state index in [9.17, 15) is 4.21 Å². The van der Waals surface area contributed by atoms with Crippen molar-refractivity contribution in [3.63, 3.8) is 0 Å². The third kappa shape index (κ3) is 6.51. The normalized spacial score (nSPS) is 27.7. The van der Waals surface area contributed by atoms with Gasteiger partial charge in [0.05, 0.1) is 17.4 Å². The molecule has 3 saturated carbocycles. The molecule has 1 aromatic heterocycles. The Morgan fingerprint density at radius 3 is 2.32 bits per heavy atom. The van der Waals surface area contributed by atoms with Crippen LogP contribution in [0, 0.1) is 11.3 Å². The molecule has 5 aliphatic rings. The van der Waals surface area contributed by atoms with Crippen molar-refractivity contribution in [2.75, 3.05) is 36.2 Å². The summed E-state index contributed by atoms with van der Waals surface area (Å²) >= 11 is 10.2. The van der Waals surface area contributed by atoms with Gasteiger partial charge in [0.2, 0.25) is 0 Å². The standard InChI is InChI=1S/C24H30ClN5OS.2C2H6.CH4S/c25-22-7-18(12-26)23(28-19-13-27-30(14-19)24-9-16(10-24)11-24)8-21(22)17-1-4-29(5-2-17)20-3-6-32(31)15-20;3*1-2/h7-8,12-14,16-17,20,26,28H,1-6,9-11,15H2;2*1-2H3;2H,1H3. The van der Waals surface area contributed by atoms with Gasteiger partial charge in [-0.3, -0.25) is 13.8 Å². The Morgan fingerprint density at radius 1 is 1.13 bits per heavy atom. The van der Waals surface area contributed by atoms with E-state index < -0.39 is 10.8 Å². The van der Waals surface area contributed by atoms with Gasteiger partial charge in [-0.05, 0) is 87.4 Å². The first-order chi connectivity index (χ1) is 18.5. The maximum Gasteiger partial charge on any atom is 0.0770 e. The molecule has 6 nitrogen and oxygen atoms in total. The fourth-order valence-corrected chi connectivity index (χ4v) is 8.01. The molecule has 38 heavy (non-hydrogen) atoms. The van der Waals surface area contributed by atoms with E-state index in [-0.39, 0.29) is 5.54 Å². The van der Waals surface area contributed by atoms with E-state index in [0.717, 1.165) is 71.7 Å². The number of likely N-dealkylation sites (tertiary alicyclic amines) is 1. The highest BCUT2D eigenvalue weighted by Crippen LogP contribution is 2.62. The third-order valence-electron chi connectivity index (χ3n) is 8.22. The largest absolute Gasteiger partial charge is 0.352 e. The number of hydrogen-bond donors (Lipinski definition) is 3. The zero-order valence-corrected chi connectivity index (χ0v) is 26.1. The third-order valence-corrected chi connectivity index (χ3v) is 10.00. The van der Waals surface area contributed by atoms with Crippen molar-refractivity contribution in [1.29, 1.82) is 5.41 Å². The molecule has 3 aliphatic carbocycles. The van der Waals surface area contributed by atoms with Crippen molar-refractivity contribution in [2.24, 2.45) is 5.92 Å². The lowest BCUT2D eigenvalue weighted by atomic mass is 9.50. The molecule has 2 aromatic rings. The SMILES string of the molecule is CC.CC.CS.N=Cc1cc(Cl)c(C2CCN(C3CCS(=O)C3)CC2)cc1Nc1cnn(C23CC(C2)C3)c1. The van der Waals surface area contributed by atoms with Gasteiger partial charge < -0.3 is 10.7 Å². The quantitative estimate of drug-likeness (QED) is 0.252. The van der Waals surface area contributed by atoms with Crippen LogP contribution in [0.4, 0.5) is 11.4 Å². The van der Waals surface area contributed by atoms with Crippen LogP contribution in [0.15, 0.2) is 24.5 Å². The van der Waals surface area contributed by atoms with E-state index in [4.69, 9.17) is 17.0 Å². The smallest absolute Gasteiger partial charge is 0.0770 e. The number of thiol groups is 1. The van der Waals surface area contributed by atoms with Gasteiger partial charge in [0.1, 0.15) is 0 Å². The minimum Gasteiger partial charge on any atom is -0.352 e.